The highest BCUT2D eigenvalue weighted by Gasteiger charge is 2.20. The van der Waals surface area contributed by atoms with E-state index in [0.717, 1.165) is 26.1 Å². The highest BCUT2D eigenvalue weighted by molar-refractivity contribution is 4.74. The molecule has 0 aromatic carbocycles. The van der Waals surface area contributed by atoms with Gasteiger partial charge in [-0.2, -0.15) is 0 Å². The van der Waals surface area contributed by atoms with E-state index in [1.54, 1.807) is 0 Å². The normalized spacial score (nSPS) is 30.7. The summed E-state index contributed by atoms with van der Waals surface area (Å²) in [7, 11) is 0. The number of hydrogen-bond acceptors (Lipinski definition) is 2. The topological polar surface area (TPSA) is 35.2 Å². The zero-order chi connectivity index (χ0) is 6.69. The molecule has 2 unspecified atom stereocenters. The van der Waals surface area contributed by atoms with Gasteiger partial charge < -0.3 is 10.5 Å². The van der Waals surface area contributed by atoms with Crippen LogP contribution in [-0.4, -0.2) is 19.3 Å². The lowest BCUT2D eigenvalue weighted by molar-refractivity contribution is 0.180. The van der Waals surface area contributed by atoms with Crippen molar-refractivity contribution in [3.63, 3.8) is 0 Å². The van der Waals surface area contributed by atoms with Crippen molar-refractivity contribution in [2.75, 3.05) is 13.2 Å². The molecular formula is C7H15NO. The molecule has 2 N–H and O–H groups in total. The summed E-state index contributed by atoms with van der Waals surface area (Å²) in [4.78, 5) is 0. The van der Waals surface area contributed by atoms with E-state index in [9.17, 15) is 0 Å². The van der Waals surface area contributed by atoms with Gasteiger partial charge in [0.05, 0.1) is 6.61 Å². The molecule has 0 aliphatic carbocycles. The van der Waals surface area contributed by atoms with Crippen LogP contribution in [0.2, 0.25) is 0 Å². The van der Waals surface area contributed by atoms with Crippen LogP contribution in [0.4, 0.5) is 0 Å². The van der Waals surface area contributed by atoms with Gasteiger partial charge in [0.25, 0.3) is 0 Å². The second-order valence-corrected chi connectivity index (χ2v) is 2.70. The molecule has 0 bridgehead atoms. The van der Waals surface area contributed by atoms with Crippen molar-refractivity contribution in [2.24, 2.45) is 11.7 Å². The number of hydrogen-bond donors (Lipinski definition) is 1. The Hall–Kier alpha value is -0.0800. The van der Waals surface area contributed by atoms with E-state index in [1.807, 2.05) is 0 Å². The fourth-order valence-corrected chi connectivity index (χ4v) is 1.22. The quantitative estimate of drug-likeness (QED) is 0.597. The van der Waals surface area contributed by atoms with E-state index in [0.29, 0.717) is 12.0 Å². The van der Waals surface area contributed by atoms with Gasteiger partial charge in [-0.05, 0) is 18.8 Å². The molecule has 1 fully saturated rings. The molecule has 0 saturated carbocycles. The molecule has 1 aliphatic heterocycles. The molecule has 1 saturated heterocycles. The highest BCUT2D eigenvalue weighted by Crippen LogP contribution is 2.16. The van der Waals surface area contributed by atoms with Gasteiger partial charge in [-0.15, -0.1) is 0 Å². The predicted molar refractivity (Wildman–Crippen MR) is 37.2 cm³/mol. The summed E-state index contributed by atoms with van der Waals surface area (Å²) < 4.78 is 5.20. The lowest BCUT2D eigenvalue weighted by Crippen LogP contribution is -2.29. The van der Waals surface area contributed by atoms with Crippen LogP contribution in [0.1, 0.15) is 19.8 Å². The van der Waals surface area contributed by atoms with Gasteiger partial charge in [0, 0.05) is 12.6 Å². The van der Waals surface area contributed by atoms with Crippen molar-refractivity contribution in [1.82, 2.24) is 0 Å². The fourth-order valence-electron chi connectivity index (χ4n) is 1.22. The Balaban J connectivity index is 2.24. The Morgan fingerprint density at radius 2 is 2.56 bits per heavy atom. The number of nitrogens with two attached hydrogens (primary N) is 1. The van der Waals surface area contributed by atoms with Crippen LogP contribution in [-0.2, 0) is 4.74 Å². The molecule has 2 nitrogen and oxygen atoms in total. The largest absolute Gasteiger partial charge is 0.381 e. The van der Waals surface area contributed by atoms with Gasteiger partial charge in [0.1, 0.15) is 0 Å². The maximum Gasteiger partial charge on any atom is 0.0509 e. The molecule has 1 heterocycles. The van der Waals surface area contributed by atoms with Gasteiger partial charge in [-0.25, -0.2) is 0 Å². The second kappa shape index (κ2) is 3.18. The first-order valence-electron chi connectivity index (χ1n) is 3.68. The van der Waals surface area contributed by atoms with Crippen LogP contribution in [0.15, 0.2) is 0 Å². The molecule has 1 rings (SSSR count). The van der Waals surface area contributed by atoms with Crippen molar-refractivity contribution < 1.29 is 4.74 Å². The summed E-state index contributed by atoms with van der Waals surface area (Å²) in [5.74, 6) is 0.634. The monoisotopic (exact) mass is 129 g/mol. The summed E-state index contributed by atoms with van der Waals surface area (Å²) in [5, 5.41) is 0. The van der Waals surface area contributed by atoms with E-state index in [2.05, 4.69) is 6.92 Å². The maximum atomic E-state index is 5.80. The van der Waals surface area contributed by atoms with E-state index in [4.69, 9.17) is 10.5 Å². The van der Waals surface area contributed by atoms with Gasteiger partial charge in [0.15, 0.2) is 0 Å². The first-order chi connectivity index (χ1) is 4.34. The third kappa shape index (κ3) is 1.66. The molecule has 2 heteroatoms. The van der Waals surface area contributed by atoms with Gasteiger partial charge in [0.2, 0.25) is 0 Å². The Morgan fingerprint density at radius 3 is 3.00 bits per heavy atom. The smallest absolute Gasteiger partial charge is 0.0509 e. The van der Waals surface area contributed by atoms with Crippen molar-refractivity contribution >= 4 is 0 Å². The lowest BCUT2D eigenvalue weighted by atomic mass is 9.98. The molecule has 0 aromatic rings. The van der Waals surface area contributed by atoms with E-state index in [1.165, 1.54) is 0 Å². The third-order valence-electron chi connectivity index (χ3n) is 2.04. The zero-order valence-electron chi connectivity index (χ0n) is 5.97. The van der Waals surface area contributed by atoms with Gasteiger partial charge in [-0.1, -0.05) is 6.92 Å². The van der Waals surface area contributed by atoms with E-state index >= 15 is 0 Å². The van der Waals surface area contributed by atoms with Crippen molar-refractivity contribution in [1.29, 1.82) is 0 Å². The minimum atomic E-state index is 0.368. The Labute approximate surface area is 56.4 Å². The Kier molecular flexibility index (Phi) is 2.49. The summed E-state index contributed by atoms with van der Waals surface area (Å²) >= 11 is 0. The second-order valence-electron chi connectivity index (χ2n) is 2.70. The predicted octanol–water partition coefficient (Wildman–Crippen LogP) is 0.760. The molecule has 9 heavy (non-hydrogen) atoms. The molecular weight excluding hydrogens is 114 g/mol. The van der Waals surface area contributed by atoms with Crippen LogP contribution in [0.3, 0.4) is 0 Å². The molecule has 0 spiro atoms. The molecule has 0 aromatic heterocycles. The van der Waals surface area contributed by atoms with Crippen LogP contribution in [0.25, 0.3) is 0 Å². The minimum absolute atomic E-state index is 0.368. The fraction of sp³-hybridized carbons (Fsp3) is 1.00. The molecule has 2 atom stereocenters. The average molecular weight is 129 g/mol. The van der Waals surface area contributed by atoms with Crippen molar-refractivity contribution in [3.05, 3.63) is 0 Å². The van der Waals surface area contributed by atoms with Crippen molar-refractivity contribution in [3.8, 4) is 0 Å². The molecule has 0 radical (unpaired) electrons. The van der Waals surface area contributed by atoms with Crippen LogP contribution in [0, 0.1) is 5.92 Å². The van der Waals surface area contributed by atoms with Crippen molar-refractivity contribution in [2.45, 2.75) is 25.8 Å². The first kappa shape index (κ1) is 7.03. The average Bonchev–Trinajstić information content (AvgIpc) is 2.37. The van der Waals surface area contributed by atoms with E-state index in [-0.39, 0.29) is 0 Å². The number of rotatable bonds is 2. The maximum absolute atomic E-state index is 5.80. The lowest BCUT2D eigenvalue weighted by Gasteiger charge is -2.14. The Bertz CT molecular complexity index is 79.0. The van der Waals surface area contributed by atoms with Gasteiger partial charge >= 0.3 is 0 Å². The summed E-state index contributed by atoms with van der Waals surface area (Å²) in [5.41, 5.74) is 5.80. The first-order valence-corrected chi connectivity index (χ1v) is 3.68. The standard InChI is InChI=1S/C7H15NO/c1-2-7(8)6-3-4-9-5-6/h6-7H,2-5,8H2,1H3. The number of ether oxygens (including phenoxy) is 1. The molecule has 54 valence electrons. The molecule has 0 amide bonds. The third-order valence-corrected chi connectivity index (χ3v) is 2.04. The van der Waals surface area contributed by atoms with E-state index < -0.39 is 0 Å². The van der Waals surface area contributed by atoms with Crippen LogP contribution < -0.4 is 5.73 Å². The summed E-state index contributed by atoms with van der Waals surface area (Å²) in [6.45, 7) is 3.93. The summed E-state index contributed by atoms with van der Waals surface area (Å²) in [6, 6.07) is 0.368. The SMILES string of the molecule is CCC(N)C1CCOC1. The minimum Gasteiger partial charge on any atom is -0.381 e. The van der Waals surface area contributed by atoms with Crippen LogP contribution >= 0.6 is 0 Å². The zero-order valence-corrected chi connectivity index (χ0v) is 5.97. The summed E-state index contributed by atoms with van der Waals surface area (Å²) in [6.07, 6.45) is 2.24. The van der Waals surface area contributed by atoms with Gasteiger partial charge in [-0.3, -0.25) is 0 Å². The Morgan fingerprint density at radius 1 is 1.78 bits per heavy atom. The highest BCUT2D eigenvalue weighted by atomic mass is 16.5. The van der Waals surface area contributed by atoms with Crippen LogP contribution in [0.5, 0.6) is 0 Å². The molecule has 1 aliphatic rings.